The van der Waals surface area contributed by atoms with Crippen LogP contribution in [0.2, 0.25) is 0 Å². The number of rotatable bonds is 8. The second-order valence-corrected chi connectivity index (χ2v) is 7.65. The summed E-state index contributed by atoms with van der Waals surface area (Å²) in [5.74, 6) is 2.49. The van der Waals surface area contributed by atoms with Crippen molar-refractivity contribution in [1.29, 1.82) is 0 Å². The Balaban J connectivity index is 1.55. The van der Waals surface area contributed by atoms with E-state index in [4.69, 9.17) is 14.2 Å². The molecule has 1 aromatic carbocycles. The largest absolute Gasteiger partial charge is 0.493 e. The summed E-state index contributed by atoms with van der Waals surface area (Å²) in [6.07, 6.45) is 2.19. The van der Waals surface area contributed by atoms with Crippen LogP contribution in [0.15, 0.2) is 34.9 Å². The molecule has 2 heterocycles. The number of anilines is 1. The molecule has 0 saturated carbocycles. The van der Waals surface area contributed by atoms with Crippen LogP contribution >= 0.6 is 15.9 Å². The number of morpholine rings is 1. The molecule has 1 fully saturated rings. The van der Waals surface area contributed by atoms with Crippen molar-refractivity contribution in [2.24, 2.45) is 0 Å². The van der Waals surface area contributed by atoms with E-state index in [9.17, 15) is 0 Å². The maximum Gasteiger partial charge on any atom is 0.175 e. The molecule has 152 valence electrons. The van der Waals surface area contributed by atoms with Crippen LogP contribution in [0, 0.1) is 0 Å². The number of nitrogens with zero attached hydrogens (tertiary/aromatic N) is 2. The second kappa shape index (κ2) is 10.1. The quantitative estimate of drug-likeness (QED) is 0.661. The maximum atomic E-state index is 5.64. The highest BCUT2D eigenvalue weighted by Crippen LogP contribution is 2.36. The van der Waals surface area contributed by atoms with E-state index in [1.165, 1.54) is 0 Å². The molecule has 0 aliphatic carbocycles. The number of hydrogen-bond acceptors (Lipinski definition) is 6. The molecule has 2 aromatic rings. The van der Waals surface area contributed by atoms with Crippen LogP contribution in [0.5, 0.6) is 11.5 Å². The van der Waals surface area contributed by atoms with Crippen molar-refractivity contribution < 1.29 is 14.2 Å². The van der Waals surface area contributed by atoms with E-state index in [2.05, 4.69) is 56.3 Å². The number of methoxy groups -OCH3 is 1. The minimum Gasteiger partial charge on any atom is -0.493 e. The lowest BCUT2D eigenvalue weighted by Gasteiger charge is -2.32. The van der Waals surface area contributed by atoms with Gasteiger partial charge in [0.05, 0.1) is 30.9 Å². The Labute approximate surface area is 175 Å². The third-order valence-corrected chi connectivity index (χ3v) is 5.20. The molecule has 0 radical (unpaired) electrons. The van der Waals surface area contributed by atoms with Gasteiger partial charge in [-0.05, 0) is 59.1 Å². The molecule has 0 amide bonds. The first-order valence-corrected chi connectivity index (χ1v) is 10.4. The predicted octanol–water partition coefficient (Wildman–Crippen LogP) is 3.77. The highest BCUT2D eigenvalue weighted by atomic mass is 79.9. The van der Waals surface area contributed by atoms with Gasteiger partial charge in [-0.15, -0.1) is 0 Å². The Hall–Kier alpha value is -1.83. The molecule has 0 bridgehead atoms. The normalized spacial score (nSPS) is 16.9. The molecule has 1 aliphatic rings. The van der Waals surface area contributed by atoms with Gasteiger partial charge < -0.3 is 24.4 Å². The van der Waals surface area contributed by atoms with Crippen LogP contribution in [-0.2, 0) is 17.8 Å². The molecule has 1 unspecified atom stereocenters. The number of halogens is 1. The van der Waals surface area contributed by atoms with Gasteiger partial charge in [-0.2, -0.15) is 0 Å². The molecule has 0 spiro atoms. The van der Waals surface area contributed by atoms with Crippen molar-refractivity contribution in [3.63, 3.8) is 0 Å². The first-order valence-electron chi connectivity index (χ1n) is 9.62. The Kier molecular flexibility index (Phi) is 7.53. The second-order valence-electron chi connectivity index (χ2n) is 6.80. The van der Waals surface area contributed by atoms with Crippen molar-refractivity contribution in [2.75, 3.05) is 38.3 Å². The summed E-state index contributed by atoms with van der Waals surface area (Å²) in [4.78, 5) is 6.90. The summed E-state index contributed by atoms with van der Waals surface area (Å²) in [6, 6.07) is 8.28. The Morgan fingerprint density at radius 3 is 2.79 bits per heavy atom. The fraction of sp³-hybridized carbons (Fsp3) is 0.476. The van der Waals surface area contributed by atoms with Gasteiger partial charge in [-0.1, -0.05) is 6.07 Å². The van der Waals surface area contributed by atoms with E-state index in [0.29, 0.717) is 6.61 Å². The number of nitrogens with one attached hydrogen (secondary N) is 1. The van der Waals surface area contributed by atoms with Gasteiger partial charge in [-0.25, -0.2) is 4.98 Å². The van der Waals surface area contributed by atoms with E-state index >= 15 is 0 Å². The number of ether oxygens (including phenoxy) is 3. The van der Waals surface area contributed by atoms with Crippen molar-refractivity contribution in [1.82, 2.24) is 10.3 Å². The molecule has 3 rings (SSSR count). The molecule has 1 aromatic heterocycles. The van der Waals surface area contributed by atoms with Gasteiger partial charge in [-0.3, -0.25) is 0 Å². The molecular formula is C21H28BrN3O3. The van der Waals surface area contributed by atoms with Crippen LogP contribution in [-0.4, -0.2) is 44.5 Å². The number of aromatic nitrogens is 1. The van der Waals surface area contributed by atoms with E-state index in [-0.39, 0.29) is 6.10 Å². The van der Waals surface area contributed by atoms with E-state index < -0.39 is 0 Å². The summed E-state index contributed by atoms with van der Waals surface area (Å²) in [5, 5.41) is 3.46. The summed E-state index contributed by atoms with van der Waals surface area (Å²) in [5.41, 5.74) is 2.28. The van der Waals surface area contributed by atoms with Gasteiger partial charge >= 0.3 is 0 Å². The van der Waals surface area contributed by atoms with Gasteiger partial charge in [0.15, 0.2) is 11.5 Å². The van der Waals surface area contributed by atoms with Crippen LogP contribution in [0.4, 0.5) is 5.82 Å². The SMILES string of the molecule is CCOc1c(Br)cc(CNCc2ccc(N3CCOC(C)C3)nc2)cc1OC. The lowest BCUT2D eigenvalue weighted by Crippen LogP contribution is -2.41. The van der Waals surface area contributed by atoms with Crippen LogP contribution in [0.1, 0.15) is 25.0 Å². The summed E-state index contributed by atoms with van der Waals surface area (Å²) >= 11 is 3.57. The number of pyridine rings is 1. The van der Waals surface area contributed by atoms with E-state index in [0.717, 1.165) is 65.7 Å². The van der Waals surface area contributed by atoms with E-state index in [1.807, 2.05) is 19.2 Å². The summed E-state index contributed by atoms with van der Waals surface area (Å²) < 4.78 is 17.6. The first-order chi connectivity index (χ1) is 13.6. The minimum absolute atomic E-state index is 0.252. The molecule has 1 aliphatic heterocycles. The van der Waals surface area contributed by atoms with Crippen molar-refractivity contribution in [3.8, 4) is 11.5 Å². The summed E-state index contributed by atoms with van der Waals surface area (Å²) in [7, 11) is 1.66. The minimum atomic E-state index is 0.252. The number of hydrogen-bond donors (Lipinski definition) is 1. The fourth-order valence-electron chi connectivity index (χ4n) is 3.25. The zero-order valence-electron chi connectivity index (χ0n) is 16.7. The Bertz CT molecular complexity index is 770. The van der Waals surface area contributed by atoms with Crippen molar-refractivity contribution >= 4 is 21.7 Å². The highest BCUT2D eigenvalue weighted by molar-refractivity contribution is 9.10. The molecule has 6 nitrogen and oxygen atoms in total. The Morgan fingerprint density at radius 1 is 1.29 bits per heavy atom. The standard InChI is InChI=1S/C21H28BrN3O3/c1-4-27-21-18(22)9-17(10-19(21)26-3)12-23-11-16-5-6-20(24-13-16)25-7-8-28-15(2)14-25/h5-6,9-10,13,15,23H,4,7-8,11-12,14H2,1-3H3. The number of benzene rings is 1. The third-order valence-electron chi connectivity index (χ3n) is 4.61. The Morgan fingerprint density at radius 2 is 2.11 bits per heavy atom. The fourth-order valence-corrected chi connectivity index (χ4v) is 3.85. The van der Waals surface area contributed by atoms with Crippen LogP contribution in [0.25, 0.3) is 0 Å². The molecule has 1 saturated heterocycles. The van der Waals surface area contributed by atoms with Gasteiger partial charge in [0.1, 0.15) is 5.82 Å². The molecule has 28 heavy (non-hydrogen) atoms. The van der Waals surface area contributed by atoms with Crippen molar-refractivity contribution in [3.05, 3.63) is 46.1 Å². The van der Waals surface area contributed by atoms with Crippen LogP contribution < -0.4 is 19.7 Å². The average molecular weight is 450 g/mol. The first kappa shape index (κ1) is 20.9. The zero-order chi connectivity index (χ0) is 19.9. The van der Waals surface area contributed by atoms with Crippen LogP contribution in [0.3, 0.4) is 0 Å². The predicted molar refractivity (Wildman–Crippen MR) is 114 cm³/mol. The smallest absolute Gasteiger partial charge is 0.175 e. The molecule has 1 N–H and O–H groups in total. The molecule has 1 atom stereocenters. The maximum absolute atomic E-state index is 5.64. The third kappa shape index (κ3) is 5.37. The molecular weight excluding hydrogens is 422 g/mol. The lowest BCUT2D eigenvalue weighted by atomic mass is 10.2. The van der Waals surface area contributed by atoms with Gasteiger partial charge in [0, 0.05) is 32.4 Å². The lowest BCUT2D eigenvalue weighted by molar-refractivity contribution is 0.0529. The van der Waals surface area contributed by atoms with Crippen molar-refractivity contribution in [2.45, 2.75) is 33.0 Å². The van der Waals surface area contributed by atoms with Gasteiger partial charge in [0.2, 0.25) is 0 Å². The monoisotopic (exact) mass is 449 g/mol. The highest BCUT2D eigenvalue weighted by Gasteiger charge is 2.17. The average Bonchev–Trinajstić information content (AvgIpc) is 2.70. The zero-order valence-corrected chi connectivity index (χ0v) is 18.3. The van der Waals surface area contributed by atoms with E-state index in [1.54, 1.807) is 7.11 Å². The topological polar surface area (TPSA) is 55.9 Å². The van der Waals surface area contributed by atoms with Gasteiger partial charge in [0.25, 0.3) is 0 Å². The molecule has 7 heteroatoms. The summed E-state index contributed by atoms with van der Waals surface area (Å²) in [6.45, 7) is 8.66.